The van der Waals surface area contributed by atoms with Crippen LogP contribution in [0.5, 0.6) is 0 Å². The Kier molecular flexibility index (Phi) is 3.83. The third-order valence-electron chi connectivity index (χ3n) is 5.86. The van der Waals surface area contributed by atoms with E-state index in [-0.39, 0.29) is 6.04 Å². The SMILES string of the molecule is CC(C)C1NC(C2CCCC2)N(CC2(C)CCC2)C1=O. The van der Waals surface area contributed by atoms with Gasteiger partial charge in [-0.05, 0) is 42.9 Å². The van der Waals surface area contributed by atoms with E-state index >= 15 is 0 Å². The highest BCUT2D eigenvalue weighted by Gasteiger charge is 2.47. The Bertz CT molecular complexity index is 369. The van der Waals surface area contributed by atoms with E-state index in [1.165, 1.54) is 44.9 Å². The summed E-state index contributed by atoms with van der Waals surface area (Å²) in [4.78, 5) is 15.0. The smallest absolute Gasteiger partial charge is 0.241 e. The maximum absolute atomic E-state index is 12.8. The van der Waals surface area contributed by atoms with Crippen molar-refractivity contribution in [1.29, 1.82) is 0 Å². The van der Waals surface area contributed by atoms with Crippen molar-refractivity contribution in [3.8, 4) is 0 Å². The molecule has 0 aromatic rings. The molecule has 0 bridgehead atoms. The number of nitrogens with one attached hydrogen (secondary N) is 1. The van der Waals surface area contributed by atoms with Crippen molar-refractivity contribution in [2.75, 3.05) is 6.54 Å². The molecule has 2 atom stereocenters. The van der Waals surface area contributed by atoms with Crippen molar-refractivity contribution < 1.29 is 4.79 Å². The molecule has 2 aliphatic carbocycles. The molecule has 3 nitrogen and oxygen atoms in total. The average Bonchev–Trinajstić information content (AvgIpc) is 2.97. The summed E-state index contributed by atoms with van der Waals surface area (Å²) in [5.41, 5.74) is 0.389. The summed E-state index contributed by atoms with van der Waals surface area (Å²) in [5.74, 6) is 1.45. The minimum Gasteiger partial charge on any atom is -0.325 e. The fraction of sp³-hybridized carbons (Fsp3) is 0.941. The second-order valence-corrected chi connectivity index (χ2v) is 8.01. The summed E-state index contributed by atoms with van der Waals surface area (Å²) in [5, 5.41) is 3.68. The lowest BCUT2D eigenvalue weighted by atomic mass is 9.70. The van der Waals surface area contributed by atoms with Gasteiger partial charge in [0.1, 0.15) is 0 Å². The van der Waals surface area contributed by atoms with E-state index < -0.39 is 0 Å². The van der Waals surface area contributed by atoms with Gasteiger partial charge >= 0.3 is 0 Å². The Morgan fingerprint density at radius 2 is 1.90 bits per heavy atom. The summed E-state index contributed by atoms with van der Waals surface area (Å²) in [6.07, 6.45) is 9.51. The molecule has 1 N–H and O–H groups in total. The van der Waals surface area contributed by atoms with E-state index in [9.17, 15) is 4.79 Å². The molecule has 3 aliphatic rings. The Morgan fingerprint density at radius 3 is 2.40 bits per heavy atom. The summed E-state index contributed by atoms with van der Waals surface area (Å²) >= 11 is 0. The highest BCUT2D eigenvalue weighted by Crippen LogP contribution is 2.43. The topological polar surface area (TPSA) is 32.3 Å². The number of amides is 1. The molecule has 3 fully saturated rings. The van der Waals surface area contributed by atoms with Gasteiger partial charge in [-0.2, -0.15) is 0 Å². The fourth-order valence-electron chi connectivity index (χ4n) is 4.33. The molecule has 0 radical (unpaired) electrons. The zero-order valence-corrected chi connectivity index (χ0v) is 13.3. The van der Waals surface area contributed by atoms with Gasteiger partial charge in [-0.3, -0.25) is 10.1 Å². The molecule has 1 heterocycles. The number of hydrogen-bond donors (Lipinski definition) is 1. The van der Waals surface area contributed by atoms with Crippen molar-refractivity contribution in [1.82, 2.24) is 10.2 Å². The molecule has 2 saturated carbocycles. The van der Waals surface area contributed by atoms with E-state index in [0.29, 0.717) is 29.3 Å². The number of carbonyl (C=O) groups is 1. The third kappa shape index (κ3) is 2.49. The van der Waals surface area contributed by atoms with Crippen LogP contribution in [0.15, 0.2) is 0 Å². The molecule has 1 aliphatic heterocycles. The monoisotopic (exact) mass is 278 g/mol. The number of carbonyl (C=O) groups excluding carboxylic acids is 1. The van der Waals surface area contributed by atoms with Gasteiger partial charge in [-0.1, -0.05) is 40.0 Å². The van der Waals surface area contributed by atoms with Gasteiger partial charge < -0.3 is 4.90 Å². The van der Waals surface area contributed by atoms with E-state index in [0.717, 1.165) is 6.54 Å². The first-order chi connectivity index (χ1) is 9.50. The Morgan fingerprint density at radius 1 is 1.25 bits per heavy atom. The molecular weight excluding hydrogens is 248 g/mol. The summed E-state index contributed by atoms with van der Waals surface area (Å²) in [6, 6.07) is 0.0456. The minimum atomic E-state index is 0.0456. The molecule has 0 aromatic heterocycles. The van der Waals surface area contributed by atoms with Crippen LogP contribution < -0.4 is 5.32 Å². The van der Waals surface area contributed by atoms with Crippen LogP contribution in [0.3, 0.4) is 0 Å². The summed E-state index contributed by atoms with van der Waals surface area (Å²) in [6.45, 7) is 7.66. The Hall–Kier alpha value is -0.570. The molecule has 1 saturated heterocycles. The zero-order chi connectivity index (χ0) is 14.3. The first kappa shape index (κ1) is 14.4. The molecule has 2 unspecified atom stereocenters. The van der Waals surface area contributed by atoms with Crippen LogP contribution in [0, 0.1) is 17.3 Å². The van der Waals surface area contributed by atoms with Gasteiger partial charge in [0.2, 0.25) is 5.91 Å². The summed E-state index contributed by atoms with van der Waals surface area (Å²) in [7, 11) is 0. The number of hydrogen-bond acceptors (Lipinski definition) is 2. The first-order valence-corrected chi connectivity index (χ1v) is 8.57. The van der Waals surface area contributed by atoms with Gasteiger partial charge in [0.05, 0.1) is 12.2 Å². The van der Waals surface area contributed by atoms with Crippen molar-refractivity contribution in [2.45, 2.75) is 77.9 Å². The lowest BCUT2D eigenvalue weighted by Crippen LogP contribution is -2.48. The maximum Gasteiger partial charge on any atom is 0.241 e. The van der Waals surface area contributed by atoms with E-state index in [1.54, 1.807) is 0 Å². The predicted molar refractivity (Wildman–Crippen MR) is 81.2 cm³/mol. The highest BCUT2D eigenvalue weighted by atomic mass is 16.2. The van der Waals surface area contributed by atoms with Crippen LogP contribution in [0.4, 0.5) is 0 Å². The normalized spacial score (nSPS) is 34.0. The van der Waals surface area contributed by atoms with Crippen LogP contribution in [0.2, 0.25) is 0 Å². The van der Waals surface area contributed by atoms with E-state index in [4.69, 9.17) is 0 Å². The van der Waals surface area contributed by atoms with Gasteiger partial charge in [-0.25, -0.2) is 0 Å². The van der Waals surface area contributed by atoms with E-state index in [1.807, 2.05) is 0 Å². The van der Waals surface area contributed by atoms with Gasteiger partial charge in [0.25, 0.3) is 0 Å². The van der Waals surface area contributed by atoms with Crippen LogP contribution >= 0.6 is 0 Å². The van der Waals surface area contributed by atoms with Crippen LogP contribution in [-0.2, 0) is 4.79 Å². The fourth-order valence-corrected chi connectivity index (χ4v) is 4.33. The van der Waals surface area contributed by atoms with Gasteiger partial charge in [-0.15, -0.1) is 0 Å². The Balaban J connectivity index is 1.76. The number of rotatable bonds is 4. The van der Waals surface area contributed by atoms with Crippen LogP contribution in [0.25, 0.3) is 0 Å². The van der Waals surface area contributed by atoms with Crippen molar-refractivity contribution >= 4 is 5.91 Å². The van der Waals surface area contributed by atoms with Crippen molar-refractivity contribution in [3.63, 3.8) is 0 Å². The van der Waals surface area contributed by atoms with Crippen molar-refractivity contribution in [3.05, 3.63) is 0 Å². The molecule has 3 rings (SSSR count). The standard InChI is InChI=1S/C17H30N2O/c1-12(2)14-16(20)19(11-17(3)9-6-10-17)15(18-14)13-7-4-5-8-13/h12-15,18H,4-11H2,1-3H3. The predicted octanol–water partition coefficient (Wildman–Crippen LogP) is 3.15. The lowest BCUT2D eigenvalue weighted by molar-refractivity contribution is -0.133. The third-order valence-corrected chi connectivity index (χ3v) is 5.86. The quantitative estimate of drug-likeness (QED) is 0.857. The van der Waals surface area contributed by atoms with Gasteiger partial charge in [0.15, 0.2) is 0 Å². The largest absolute Gasteiger partial charge is 0.325 e. The molecule has 1 amide bonds. The minimum absolute atomic E-state index is 0.0456. The lowest BCUT2D eigenvalue weighted by Gasteiger charge is -2.43. The molecule has 3 heteroatoms. The first-order valence-electron chi connectivity index (χ1n) is 8.57. The molecule has 114 valence electrons. The van der Waals surface area contributed by atoms with Crippen LogP contribution in [0.1, 0.15) is 65.7 Å². The second-order valence-electron chi connectivity index (χ2n) is 8.01. The highest BCUT2D eigenvalue weighted by molar-refractivity contribution is 5.84. The second kappa shape index (κ2) is 5.32. The van der Waals surface area contributed by atoms with Crippen molar-refractivity contribution in [2.24, 2.45) is 17.3 Å². The average molecular weight is 278 g/mol. The Labute approximate surface area is 123 Å². The molecule has 20 heavy (non-hydrogen) atoms. The number of nitrogens with zero attached hydrogens (tertiary/aromatic N) is 1. The molecule has 0 aromatic carbocycles. The summed E-state index contributed by atoms with van der Waals surface area (Å²) < 4.78 is 0. The van der Waals surface area contributed by atoms with Gasteiger partial charge in [0, 0.05) is 6.54 Å². The molecular formula is C17H30N2O. The van der Waals surface area contributed by atoms with Crippen LogP contribution in [-0.4, -0.2) is 29.6 Å². The maximum atomic E-state index is 12.8. The van der Waals surface area contributed by atoms with E-state index in [2.05, 4.69) is 31.0 Å². The zero-order valence-electron chi connectivity index (χ0n) is 13.3. The molecule has 0 spiro atoms.